The second kappa shape index (κ2) is 14.1. The van der Waals surface area contributed by atoms with Crippen molar-refractivity contribution >= 4 is 5.71 Å². The van der Waals surface area contributed by atoms with Gasteiger partial charge in [-0.1, -0.05) is 61.8 Å². The average Bonchev–Trinajstić information content (AvgIpc) is 3.11. The van der Waals surface area contributed by atoms with Crippen LogP contribution in [0.25, 0.3) is 0 Å². The zero-order valence-corrected chi connectivity index (χ0v) is 14.9. The number of fused-ring (bicyclic) bond motifs is 1. The molecule has 1 heterocycles. The maximum Gasteiger partial charge on any atom is 0.0423 e. The van der Waals surface area contributed by atoms with Gasteiger partial charge in [-0.15, -0.1) is 0 Å². The van der Waals surface area contributed by atoms with Gasteiger partial charge in [-0.3, -0.25) is 4.99 Å². The highest BCUT2D eigenvalue weighted by atomic mass is 14.8. The molecule has 0 N–H and O–H groups in total. The van der Waals surface area contributed by atoms with Crippen LogP contribution >= 0.6 is 0 Å². The molecule has 2 unspecified atom stereocenters. The van der Waals surface area contributed by atoms with Gasteiger partial charge in [0.15, 0.2) is 0 Å². The molecule has 0 spiro atoms. The number of aliphatic imine (C=N–C) groups is 1. The largest absolute Gasteiger partial charge is 0.293 e. The Bertz CT molecular complexity index is 204. The Kier molecular flexibility index (Phi) is 15.6. The summed E-state index contributed by atoms with van der Waals surface area (Å²) in [7, 11) is 0. The molecule has 1 saturated carbocycles. The zero-order chi connectivity index (χ0) is 15.3. The molecule has 19 heavy (non-hydrogen) atoms. The van der Waals surface area contributed by atoms with Crippen molar-refractivity contribution in [1.29, 1.82) is 0 Å². The first-order valence-corrected chi connectivity index (χ1v) is 8.91. The predicted octanol–water partition coefficient (Wildman–Crippen LogP) is 6.37. The van der Waals surface area contributed by atoms with Gasteiger partial charge in [0.2, 0.25) is 0 Å². The summed E-state index contributed by atoms with van der Waals surface area (Å²) in [5, 5.41) is 0. The fraction of sp³-hybridized carbons (Fsp3) is 0.944. The lowest BCUT2D eigenvalue weighted by Crippen LogP contribution is -2.21. The molecule has 0 radical (unpaired) electrons. The van der Waals surface area contributed by atoms with Crippen LogP contribution < -0.4 is 0 Å². The van der Waals surface area contributed by atoms with E-state index in [9.17, 15) is 0 Å². The Morgan fingerprint density at radius 2 is 1.47 bits per heavy atom. The fourth-order valence-electron chi connectivity index (χ4n) is 3.12. The highest BCUT2D eigenvalue weighted by Crippen LogP contribution is 2.39. The van der Waals surface area contributed by atoms with Crippen molar-refractivity contribution < 1.29 is 0 Å². The molecular formula is C18H39N. The van der Waals surface area contributed by atoms with Crippen molar-refractivity contribution in [1.82, 2.24) is 0 Å². The van der Waals surface area contributed by atoms with Crippen LogP contribution in [0.4, 0.5) is 0 Å². The molecular weight excluding hydrogens is 230 g/mol. The van der Waals surface area contributed by atoms with E-state index < -0.39 is 0 Å². The quantitative estimate of drug-likeness (QED) is 0.564. The van der Waals surface area contributed by atoms with E-state index in [0.29, 0.717) is 0 Å². The van der Waals surface area contributed by atoms with Crippen molar-refractivity contribution in [3.63, 3.8) is 0 Å². The van der Waals surface area contributed by atoms with Crippen LogP contribution in [0.2, 0.25) is 0 Å². The minimum absolute atomic E-state index is 0.799. The van der Waals surface area contributed by atoms with Crippen LogP contribution in [-0.2, 0) is 0 Å². The number of hydrogen-bond donors (Lipinski definition) is 0. The van der Waals surface area contributed by atoms with Crippen LogP contribution in [0.3, 0.4) is 0 Å². The molecule has 116 valence electrons. The van der Waals surface area contributed by atoms with Crippen LogP contribution in [0.5, 0.6) is 0 Å². The van der Waals surface area contributed by atoms with Gasteiger partial charge < -0.3 is 0 Å². The summed E-state index contributed by atoms with van der Waals surface area (Å²) >= 11 is 0. The summed E-state index contributed by atoms with van der Waals surface area (Å²) in [6.07, 6.45) is 6.91. The fourth-order valence-corrected chi connectivity index (χ4v) is 3.12. The minimum Gasteiger partial charge on any atom is -0.293 e. The molecule has 2 aliphatic rings. The standard InChI is InChI=1S/C12H21N.3C2H6/c1-3-9(4-2)12-11-7-5-6-10(11)8-13-12;3*1-2/h9-11H,3-8H2,1-2H3;3*1-2H3. The van der Waals surface area contributed by atoms with Gasteiger partial charge in [-0.05, 0) is 37.5 Å². The lowest BCUT2D eigenvalue weighted by atomic mass is 9.85. The van der Waals surface area contributed by atoms with E-state index in [1.807, 2.05) is 41.5 Å². The van der Waals surface area contributed by atoms with Crippen molar-refractivity contribution in [2.45, 2.75) is 87.5 Å². The van der Waals surface area contributed by atoms with Crippen LogP contribution in [0.15, 0.2) is 4.99 Å². The third-order valence-corrected chi connectivity index (χ3v) is 3.95. The van der Waals surface area contributed by atoms with E-state index in [4.69, 9.17) is 4.99 Å². The second-order valence-electron chi connectivity index (χ2n) is 4.58. The molecule has 2 atom stereocenters. The highest BCUT2D eigenvalue weighted by Gasteiger charge is 2.37. The monoisotopic (exact) mass is 269 g/mol. The van der Waals surface area contributed by atoms with E-state index in [2.05, 4.69) is 13.8 Å². The molecule has 0 saturated heterocycles. The summed E-state index contributed by atoms with van der Waals surface area (Å²) in [5.41, 5.74) is 1.59. The van der Waals surface area contributed by atoms with Gasteiger partial charge in [0, 0.05) is 18.2 Å². The molecule has 0 bridgehead atoms. The highest BCUT2D eigenvalue weighted by molar-refractivity contribution is 5.91. The first kappa shape index (κ1) is 21.0. The van der Waals surface area contributed by atoms with Crippen LogP contribution in [-0.4, -0.2) is 12.3 Å². The Morgan fingerprint density at radius 3 is 1.95 bits per heavy atom. The molecule has 1 fully saturated rings. The molecule has 1 aliphatic carbocycles. The molecule has 0 aromatic heterocycles. The maximum atomic E-state index is 4.78. The van der Waals surface area contributed by atoms with Gasteiger partial charge in [0.05, 0.1) is 0 Å². The van der Waals surface area contributed by atoms with Crippen LogP contribution in [0, 0.1) is 17.8 Å². The summed E-state index contributed by atoms with van der Waals surface area (Å²) in [6, 6.07) is 0. The van der Waals surface area contributed by atoms with E-state index in [-0.39, 0.29) is 0 Å². The van der Waals surface area contributed by atoms with Gasteiger partial charge in [-0.2, -0.15) is 0 Å². The molecule has 0 amide bonds. The summed E-state index contributed by atoms with van der Waals surface area (Å²) in [5.74, 6) is 2.63. The van der Waals surface area contributed by atoms with Gasteiger partial charge in [-0.25, -0.2) is 0 Å². The maximum absolute atomic E-state index is 4.78. The third-order valence-electron chi connectivity index (χ3n) is 3.95. The minimum atomic E-state index is 0.799. The van der Waals surface area contributed by atoms with Crippen LogP contribution in [0.1, 0.15) is 87.5 Å². The summed E-state index contributed by atoms with van der Waals surface area (Å²) in [4.78, 5) is 4.78. The Hall–Kier alpha value is -0.330. The zero-order valence-electron chi connectivity index (χ0n) is 14.9. The normalized spacial score (nSPS) is 23.1. The first-order chi connectivity index (χ1) is 9.36. The third kappa shape index (κ3) is 6.10. The van der Waals surface area contributed by atoms with Gasteiger partial charge in [0.1, 0.15) is 0 Å². The number of nitrogens with zero attached hydrogens (tertiary/aromatic N) is 1. The molecule has 0 aromatic carbocycles. The Balaban J connectivity index is 0. The first-order valence-electron chi connectivity index (χ1n) is 8.91. The second-order valence-corrected chi connectivity index (χ2v) is 4.58. The van der Waals surface area contributed by atoms with E-state index >= 15 is 0 Å². The molecule has 1 heteroatoms. The lowest BCUT2D eigenvalue weighted by Gasteiger charge is -2.19. The smallest absolute Gasteiger partial charge is 0.0423 e. The molecule has 1 nitrogen and oxygen atoms in total. The predicted molar refractivity (Wildman–Crippen MR) is 91.2 cm³/mol. The van der Waals surface area contributed by atoms with Crippen molar-refractivity contribution in [2.75, 3.05) is 6.54 Å². The number of rotatable bonds is 3. The molecule has 0 aromatic rings. The number of hydrogen-bond acceptors (Lipinski definition) is 1. The van der Waals surface area contributed by atoms with Crippen molar-refractivity contribution in [3.8, 4) is 0 Å². The Morgan fingerprint density at radius 1 is 0.947 bits per heavy atom. The summed E-state index contributed by atoms with van der Waals surface area (Å²) < 4.78 is 0. The average molecular weight is 270 g/mol. The molecule has 1 aliphatic heterocycles. The van der Waals surface area contributed by atoms with Crippen molar-refractivity contribution in [2.24, 2.45) is 22.7 Å². The van der Waals surface area contributed by atoms with Gasteiger partial charge in [0.25, 0.3) is 0 Å². The van der Waals surface area contributed by atoms with E-state index in [0.717, 1.165) is 24.3 Å². The Labute approximate surface area is 123 Å². The molecule has 2 rings (SSSR count). The summed E-state index contributed by atoms with van der Waals surface area (Å²) in [6.45, 7) is 17.8. The van der Waals surface area contributed by atoms with Crippen molar-refractivity contribution in [3.05, 3.63) is 0 Å². The van der Waals surface area contributed by atoms with Gasteiger partial charge >= 0.3 is 0 Å². The van der Waals surface area contributed by atoms with E-state index in [1.54, 1.807) is 5.71 Å². The SMILES string of the molecule is CC.CC.CC.CCC(CC)C1=NCC2CCCC12. The lowest BCUT2D eigenvalue weighted by molar-refractivity contribution is 0.510. The van der Waals surface area contributed by atoms with E-state index in [1.165, 1.54) is 32.1 Å². The topological polar surface area (TPSA) is 12.4 Å².